The number of rotatable bonds is 5. The molecule has 0 radical (unpaired) electrons. The molecule has 1 aromatic heterocycles. The summed E-state index contributed by atoms with van der Waals surface area (Å²) in [5.41, 5.74) is -0.0110. The zero-order valence-electron chi connectivity index (χ0n) is 11.1. The topological polar surface area (TPSA) is 102 Å². The third kappa shape index (κ3) is 2.90. The van der Waals surface area contributed by atoms with Gasteiger partial charge in [0.15, 0.2) is 5.56 Å². The lowest BCUT2D eigenvalue weighted by molar-refractivity contribution is -0.141. The number of amides is 1. The molecule has 1 N–H and O–H groups in total. The van der Waals surface area contributed by atoms with Crippen LogP contribution in [0.1, 0.15) is 17.3 Å². The lowest BCUT2D eigenvalue weighted by atomic mass is 10.2. The lowest BCUT2D eigenvalue weighted by Crippen LogP contribution is -2.40. The van der Waals surface area contributed by atoms with Gasteiger partial charge in [0, 0.05) is 7.05 Å². The van der Waals surface area contributed by atoms with Crippen LogP contribution >= 0.6 is 0 Å². The van der Waals surface area contributed by atoms with Crippen molar-refractivity contribution in [2.75, 3.05) is 21.3 Å². The van der Waals surface area contributed by atoms with E-state index in [2.05, 4.69) is 9.97 Å². The summed E-state index contributed by atoms with van der Waals surface area (Å²) in [6.45, 7) is 1.39. The zero-order chi connectivity index (χ0) is 14.6. The van der Waals surface area contributed by atoms with Gasteiger partial charge in [-0.2, -0.15) is 0 Å². The first kappa shape index (κ1) is 14.7. The van der Waals surface area contributed by atoms with E-state index < -0.39 is 17.9 Å². The van der Waals surface area contributed by atoms with E-state index >= 15 is 0 Å². The highest BCUT2D eigenvalue weighted by atomic mass is 16.5. The summed E-state index contributed by atoms with van der Waals surface area (Å²) >= 11 is 0. The SMILES string of the molecule is COc1ncnc(OC)c1C(=O)N(C)C(C)C(=O)O. The molecule has 8 heteroatoms. The number of aliphatic carboxylic acids is 1. The van der Waals surface area contributed by atoms with E-state index in [1.54, 1.807) is 0 Å². The summed E-state index contributed by atoms with van der Waals surface area (Å²) in [6.07, 6.45) is 1.19. The number of carboxylic acids is 1. The fourth-order valence-electron chi connectivity index (χ4n) is 1.36. The van der Waals surface area contributed by atoms with Crippen LogP contribution in [0, 0.1) is 0 Å². The van der Waals surface area contributed by atoms with Gasteiger partial charge in [-0.3, -0.25) is 4.79 Å². The van der Waals surface area contributed by atoms with E-state index in [1.807, 2.05) is 0 Å². The average Bonchev–Trinajstić information content (AvgIpc) is 2.43. The molecule has 1 amide bonds. The number of hydrogen-bond acceptors (Lipinski definition) is 6. The number of carbonyl (C=O) groups excluding carboxylic acids is 1. The van der Waals surface area contributed by atoms with E-state index in [9.17, 15) is 9.59 Å². The molecule has 8 nitrogen and oxygen atoms in total. The van der Waals surface area contributed by atoms with Gasteiger partial charge >= 0.3 is 5.97 Å². The van der Waals surface area contributed by atoms with Gasteiger partial charge in [0.1, 0.15) is 12.4 Å². The minimum Gasteiger partial charge on any atom is -0.480 e. The Labute approximate surface area is 110 Å². The van der Waals surface area contributed by atoms with E-state index in [0.29, 0.717) is 0 Å². The molecule has 0 spiro atoms. The van der Waals surface area contributed by atoms with Crippen LogP contribution in [0.5, 0.6) is 11.8 Å². The van der Waals surface area contributed by atoms with Crippen molar-refractivity contribution in [3.8, 4) is 11.8 Å². The molecule has 0 bridgehead atoms. The molecule has 0 aromatic carbocycles. The van der Waals surface area contributed by atoms with Gasteiger partial charge < -0.3 is 19.5 Å². The molecule has 104 valence electrons. The molecule has 0 saturated carbocycles. The molecule has 0 aliphatic rings. The first-order valence-electron chi connectivity index (χ1n) is 5.37. The highest BCUT2D eigenvalue weighted by Gasteiger charge is 2.29. The lowest BCUT2D eigenvalue weighted by Gasteiger charge is -2.22. The van der Waals surface area contributed by atoms with E-state index in [0.717, 1.165) is 4.90 Å². The van der Waals surface area contributed by atoms with E-state index in [-0.39, 0.29) is 17.3 Å². The second kappa shape index (κ2) is 5.98. The van der Waals surface area contributed by atoms with Crippen molar-refractivity contribution in [2.45, 2.75) is 13.0 Å². The van der Waals surface area contributed by atoms with Crippen LogP contribution in [0.3, 0.4) is 0 Å². The molecule has 1 aromatic rings. The summed E-state index contributed by atoms with van der Waals surface area (Å²) in [4.78, 5) is 31.8. The molecule has 0 aliphatic heterocycles. The van der Waals surface area contributed by atoms with Crippen molar-refractivity contribution in [1.29, 1.82) is 0 Å². The predicted octanol–water partition coefficient (Wildman–Crippen LogP) is 0.0389. The molecular formula is C11H15N3O5. The normalized spacial score (nSPS) is 11.6. The fraction of sp³-hybridized carbons (Fsp3) is 0.455. The third-order valence-electron chi connectivity index (χ3n) is 2.64. The van der Waals surface area contributed by atoms with Crippen LogP contribution < -0.4 is 9.47 Å². The zero-order valence-corrected chi connectivity index (χ0v) is 11.1. The Hall–Kier alpha value is -2.38. The second-order valence-electron chi connectivity index (χ2n) is 3.70. The maximum absolute atomic E-state index is 12.3. The van der Waals surface area contributed by atoms with Crippen LogP contribution in [-0.4, -0.2) is 59.2 Å². The Balaban J connectivity index is 3.21. The minimum absolute atomic E-state index is 0.0110. The second-order valence-corrected chi connectivity index (χ2v) is 3.70. The van der Waals surface area contributed by atoms with Gasteiger partial charge in [0.25, 0.3) is 5.91 Å². The first-order valence-corrected chi connectivity index (χ1v) is 5.37. The maximum Gasteiger partial charge on any atom is 0.326 e. The van der Waals surface area contributed by atoms with Crippen molar-refractivity contribution in [2.24, 2.45) is 0 Å². The number of carboxylic acid groups (broad SMARTS) is 1. The molecule has 1 rings (SSSR count). The Morgan fingerprint density at radius 2 is 1.74 bits per heavy atom. The predicted molar refractivity (Wildman–Crippen MR) is 64.3 cm³/mol. The Morgan fingerprint density at radius 3 is 2.11 bits per heavy atom. The van der Waals surface area contributed by atoms with Gasteiger partial charge in [-0.05, 0) is 6.92 Å². The van der Waals surface area contributed by atoms with Gasteiger partial charge in [0.2, 0.25) is 11.8 Å². The molecule has 0 aliphatic carbocycles. The van der Waals surface area contributed by atoms with Crippen LogP contribution in [-0.2, 0) is 4.79 Å². The molecule has 0 fully saturated rings. The average molecular weight is 269 g/mol. The molecule has 19 heavy (non-hydrogen) atoms. The summed E-state index contributed by atoms with van der Waals surface area (Å²) in [7, 11) is 4.06. The summed E-state index contributed by atoms with van der Waals surface area (Å²) in [5.74, 6) is -1.66. The number of ether oxygens (including phenoxy) is 2. The standard InChI is InChI=1S/C11H15N3O5/c1-6(11(16)17)14(2)10(15)7-8(18-3)12-5-13-9(7)19-4/h5-6H,1-4H3,(H,16,17). The minimum atomic E-state index is -1.12. The van der Waals surface area contributed by atoms with Crippen LogP contribution in [0.2, 0.25) is 0 Å². The van der Waals surface area contributed by atoms with Crippen molar-refractivity contribution in [1.82, 2.24) is 14.9 Å². The van der Waals surface area contributed by atoms with Crippen molar-refractivity contribution >= 4 is 11.9 Å². The van der Waals surface area contributed by atoms with Crippen LogP contribution in [0.4, 0.5) is 0 Å². The van der Waals surface area contributed by atoms with Crippen LogP contribution in [0.15, 0.2) is 6.33 Å². The van der Waals surface area contributed by atoms with Gasteiger partial charge in [0.05, 0.1) is 14.2 Å². The van der Waals surface area contributed by atoms with Crippen molar-refractivity contribution in [3.05, 3.63) is 11.9 Å². The maximum atomic E-state index is 12.3. The first-order chi connectivity index (χ1) is 8.93. The quantitative estimate of drug-likeness (QED) is 0.805. The van der Waals surface area contributed by atoms with Crippen molar-refractivity contribution in [3.63, 3.8) is 0 Å². The molecule has 1 heterocycles. The molecular weight excluding hydrogens is 254 g/mol. The van der Waals surface area contributed by atoms with Crippen molar-refractivity contribution < 1.29 is 24.2 Å². The Morgan fingerprint density at radius 1 is 1.26 bits per heavy atom. The summed E-state index contributed by atoms with van der Waals surface area (Å²) < 4.78 is 9.95. The van der Waals surface area contributed by atoms with Crippen LogP contribution in [0.25, 0.3) is 0 Å². The Kier molecular flexibility index (Phi) is 4.62. The van der Waals surface area contributed by atoms with E-state index in [4.69, 9.17) is 14.6 Å². The smallest absolute Gasteiger partial charge is 0.326 e. The molecule has 0 saturated heterocycles. The van der Waals surface area contributed by atoms with Gasteiger partial charge in [-0.25, -0.2) is 14.8 Å². The number of likely N-dealkylation sites (N-methyl/N-ethyl adjacent to an activating group) is 1. The number of methoxy groups -OCH3 is 2. The molecule has 1 unspecified atom stereocenters. The largest absolute Gasteiger partial charge is 0.480 e. The highest BCUT2D eigenvalue weighted by Crippen LogP contribution is 2.25. The fourth-order valence-corrected chi connectivity index (χ4v) is 1.36. The Bertz CT molecular complexity index is 469. The highest BCUT2D eigenvalue weighted by molar-refractivity contribution is 6.00. The van der Waals surface area contributed by atoms with E-state index in [1.165, 1.54) is 34.5 Å². The number of carbonyl (C=O) groups is 2. The third-order valence-corrected chi connectivity index (χ3v) is 2.64. The number of aromatic nitrogens is 2. The van der Waals surface area contributed by atoms with Gasteiger partial charge in [-0.15, -0.1) is 0 Å². The monoisotopic (exact) mass is 269 g/mol. The number of hydrogen-bond donors (Lipinski definition) is 1. The summed E-state index contributed by atoms with van der Waals surface area (Å²) in [5, 5.41) is 8.91. The summed E-state index contributed by atoms with van der Waals surface area (Å²) in [6, 6.07) is -0.998. The van der Waals surface area contributed by atoms with Gasteiger partial charge in [-0.1, -0.05) is 0 Å². The molecule has 1 atom stereocenters. The number of nitrogens with zero attached hydrogens (tertiary/aromatic N) is 3.